The maximum Gasteiger partial charge on any atom is 0.261 e. The Kier molecular flexibility index (Phi) is 4.11. The molecular formula is C17H12Cl2N2O2. The molecule has 0 saturated carbocycles. The van der Waals surface area contributed by atoms with Gasteiger partial charge in [-0.05, 0) is 30.3 Å². The number of carbonyl (C=O) groups excluding carboxylic acids is 1. The zero-order valence-corrected chi connectivity index (χ0v) is 13.7. The lowest BCUT2D eigenvalue weighted by Gasteiger charge is -2.10. The molecule has 0 fully saturated rings. The minimum absolute atomic E-state index is 0.0298. The van der Waals surface area contributed by atoms with E-state index in [0.717, 1.165) is 0 Å². The van der Waals surface area contributed by atoms with Gasteiger partial charge in [0, 0.05) is 23.7 Å². The molecule has 0 saturated heterocycles. The van der Waals surface area contributed by atoms with Crippen LogP contribution in [0.4, 0.5) is 5.69 Å². The quantitative estimate of drug-likeness (QED) is 0.759. The van der Waals surface area contributed by atoms with Crippen molar-refractivity contribution in [1.82, 2.24) is 4.57 Å². The Labute approximate surface area is 142 Å². The normalized spacial score (nSPS) is 10.7. The number of rotatable bonds is 2. The molecule has 3 aromatic rings. The number of pyridine rings is 1. The van der Waals surface area contributed by atoms with Crippen LogP contribution in [0.5, 0.6) is 0 Å². The standard InChI is InChI=1S/C17H12Cl2N2O2/c1-21-9-12(16(22)11-8-10(18)6-7-15(11)21)17(23)20-14-5-3-2-4-13(14)19/h2-9H,1H3,(H,20,23). The average Bonchev–Trinajstić information content (AvgIpc) is 2.53. The molecule has 0 aliphatic carbocycles. The van der Waals surface area contributed by atoms with Crippen LogP contribution in [-0.4, -0.2) is 10.5 Å². The van der Waals surface area contributed by atoms with Gasteiger partial charge >= 0.3 is 0 Å². The number of aryl methyl sites for hydroxylation is 1. The molecule has 6 heteroatoms. The number of anilines is 1. The number of benzene rings is 2. The fraction of sp³-hybridized carbons (Fsp3) is 0.0588. The Morgan fingerprint density at radius 3 is 2.61 bits per heavy atom. The zero-order valence-electron chi connectivity index (χ0n) is 12.1. The summed E-state index contributed by atoms with van der Waals surface area (Å²) in [4.78, 5) is 25.0. The summed E-state index contributed by atoms with van der Waals surface area (Å²) in [6.45, 7) is 0. The van der Waals surface area contributed by atoms with E-state index in [1.807, 2.05) is 0 Å². The van der Waals surface area contributed by atoms with Crippen LogP contribution < -0.4 is 10.7 Å². The maximum atomic E-state index is 12.6. The molecule has 4 nitrogen and oxygen atoms in total. The summed E-state index contributed by atoms with van der Waals surface area (Å²) < 4.78 is 1.72. The second-order valence-corrected chi connectivity index (χ2v) is 5.92. The first kappa shape index (κ1) is 15.6. The lowest BCUT2D eigenvalue weighted by atomic mass is 10.1. The number of amides is 1. The molecule has 0 bridgehead atoms. The molecule has 2 aromatic carbocycles. The number of carbonyl (C=O) groups is 1. The summed E-state index contributed by atoms with van der Waals surface area (Å²) in [5, 5.41) is 3.90. The molecule has 1 aromatic heterocycles. The number of fused-ring (bicyclic) bond motifs is 1. The van der Waals surface area contributed by atoms with E-state index in [1.54, 1.807) is 54.1 Å². The van der Waals surface area contributed by atoms with E-state index in [-0.39, 0.29) is 11.0 Å². The van der Waals surface area contributed by atoms with E-state index in [2.05, 4.69) is 5.32 Å². The Hall–Kier alpha value is -2.30. The van der Waals surface area contributed by atoms with E-state index in [4.69, 9.17) is 23.2 Å². The minimum atomic E-state index is -0.513. The van der Waals surface area contributed by atoms with Crippen molar-refractivity contribution in [1.29, 1.82) is 0 Å². The zero-order chi connectivity index (χ0) is 16.6. The lowest BCUT2D eigenvalue weighted by molar-refractivity contribution is 0.102. The Morgan fingerprint density at radius 2 is 1.87 bits per heavy atom. The number of hydrogen-bond donors (Lipinski definition) is 1. The molecule has 0 radical (unpaired) electrons. The minimum Gasteiger partial charge on any atom is -0.350 e. The summed E-state index contributed by atoms with van der Waals surface area (Å²) in [5.74, 6) is -0.513. The highest BCUT2D eigenvalue weighted by atomic mass is 35.5. The average molecular weight is 347 g/mol. The van der Waals surface area contributed by atoms with Gasteiger partial charge in [0.25, 0.3) is 5.91 Å². The number of para-hydroxylation sites is 1. The largest absolute Gasteiger partial charge is 0.350 e. The van der Waals surface area contributed by atoms with Gasteiger partial charge in [0.1, 0.15) is 5.56 Å². The van der Waals surface area contributed by atoms with Crippen molar-refractivity contribution in [3.8, 4) is 0 Å². The van der Waals surface area contributed by atoms with Gasteiger partial charge in [0.05, 0.1) is 16.2 Å². The summed E-state index contributed by atoms with van der Waals surface area (Å²) in [6, 6.07) is 11.8. The van der Waals surface area contributed by atoms with Crippen molar-refractivity contribution in [2.45, 2.75) is 0 Å². The van der Waals surface area contributed by atoms with Crippen molar-refractivity contribution in [2.24, 2.45) is 7.05 Å². The Morgan fingerprint density at radius 1 is 1.13 bits per heavy atom. The predicted octanol–water partition coefficient (Wildman–Crippen LogP) is 4.10. The van der Waals surface area contributed by atoms with Crippen molar-refractivity contribution < 1.29 is 4.79 Å². The van der Waals surface area contributed by atoms with Crippen molar-refractivity contribution >= 4 is 45.7 Å². The molecule has 23 heavy (non-hydrogen) atoms. The van der Waals surface area contributed by atoms with Gasteiger partial charge in [-0.1, -0.05) is 35.3 Å². The SMILES string of the molecule is Cn1cc(C(=O)Nc2ccccc2Cl)c(=O)c2cc(Cl)ccc21. The smallest absolute Gasteiger partial charge is 0.261 e. The third-order valence-electron chi connectivity index (χ3n) is 3.52. The first-order chi connectivity index (χ1) is 11.0. The van der Waals surface area contributed by atoms with Crippen LogP contribution in [-0.2, 0) is 7.05 Å². The highest BCUT2D eigenvalue weighted by Crippen LogP contribution is 2.21. The van der Waals surface area contributed by atoms with Crippen LogP contribution in [0.3, 0.4) is 0 Å². The summed E-state index contributed by atoms with van der Waals surface area (Å²) in [7, 11) is 1.77. The number of halogens is 2. The number of aromatic nitrogens is 1. The van der Waals surface area contributed by atoms with Crippen LogP contribution in [0.25, 0.3) is 10.9 Å². The van der Waals surface area contributed by atoms with Gasteiger partial charge in [-0.15, -0.1) is 0 Å². The first-order valence-corrected chi connectivity index (χ1v) is 7.58. The second kappa shape index (κ2) is 6.07. The molecule has 1 amide bonds. The summed E-state index contributed by atoms with van der Waals surface area (Å²) in [5.41, 5.74) is 0.813. The third-order valence-corrected chi connectivity index (χ3v) is 4.08. The second-order valence-electron chi connectivity index (χ2n) is 5.08. The van der Waals surface area contributed by atoms with Gasteiger partial charge in [-0.3, -0.25) is 9.59 Å². The van der Waals surface area contributed by atoms with Crippen molar-refractivity contribution in [3.63, 3.8) is 0 Å². The Balaban J connectivity index is 2.09. The van der Waals surface area contributed by atoms with Gasteiger partial charge in [0.15, 0.2) is 0 Å². The molecule has 0 atom stereocenters. The molecule has 1 heterocycles. The monoisotopic (exact) mass is 346 g/mol. The topological polar surface area (TPSA) is 51.1 Å². The van der Waals surface area contributed by atoms with E-state index >= 15 is 0 Å². The van der Waals surface area contributed by atoms with Crippen LogP contribution in [0, 0.1) is 0 Å². The molecule has 1 N–H and O–H groups in total. The molecular weight excluding hydrogens is 335 g/mol. The molecule has 0 unspecified atom stereocenters. The van der Waals surface area contributed by atoms with Gasteiger partial charge in [0.2, 0.25) is 5.43 Å². The molecule has 3 rings (SSSR count). The Bertz CT molecular complexity index is 980. The maximum absolute atomic E-state index is 12.6. The number of hydrogen-bond acceptors (Lipinski definition) is 2. The molecule has 0 aliphatic heterocycles. The van der Waals surface area contributed by atoms with Gasteiger partial charge in [-0.25, -0.2) is 0 Å². The van der Waals surface area contributed by atoms with E-state index < -0.39 is 5.91 Å². The van der Waals surface area contributed by atoms with Crippen molar-refractivity contribution in [2.75, 3.05) is 5.32 Å². The van der Waals surface area contributed by atoms with E-state index in [0.29, 0.717) is 26.6 Å². The van der Waals surface area contributed by atoms with Crippen LogP contribution in [0.1, 0.15) is 10.4 Å². The number of nitrogens with one attached hydrogen (secondary N) is 1. The highest BCUT2D eigenvalue weighted by molar-refractivity contribution is 6.34. The van der Waals surface area contributed by atoms with Gasteiger partial charge in [-0.2, -0.15) is 0 Å². The van der Waals surface area contributed by atoms with Crippen molar-refractivity contribution in [3.05, 3.63) is 74.5 Å². The van der Waals surface area contributed by atoms with Crippen LogP contribution in [0.15, 0.2) is 53.5 Å². The van der Waals surface area contributed by atoms with Crippen LogP contribution >= 0.6 is 23.2 Å². The molecule has 116 valence electrons. The van der Waals surface area contributed by atoms with Crippen LogP contribution in [0.2, 0.25) is 10.0 Å². The van der Waals surface area contributed by atoms with E-state index in [9.17, 15) is 9.59 Å². The molecule has 0 spiro atoms. The summed E-state index contributed by atoms with van der Waals surface area (Å²) >= 11 is 12.0. The fourth-order valence-corrected chi connectivity index (χ4v) is 2.73. The summed E-state index contributed by atoms with van der Waals surface area (Å²) in [6.07, 6.45) is 1.50. The number of nitrogens with zero attached hydrogens (tertiary/aromatic N) is 1. The van der Waals surface area contributed by atoms with E-state index in [1.165, 1.54) is 6.20 Å². The fourth-order valence-electron chi connectivity index (χ4n) is 2.38. The third kappa shape index (κ3) is 2.96. The predicted molar refractivity (Wildman–Crippen MR) is 93.6 cm³/mol. The first-order valence-electron chi connectivity index (χ1n) is 6.82. The highest BCUT2D eigenvalue weighted by Gasteiger charge is 2.15. The van der Waals surface area contributed by atoms with Gasteiger partial charge < -0.3 is 9.88 Å². The molecule has 0 aliphatic rings. The lowest BCUT2D eigenvalue weighted by Crippen LogP contribution is -2.23.